The van der Waals surface area contributed by atoms with Gasteiger partial charge >= 0.3 is 0 Å². The maximum Gasteiger partial charge on any atom is 0.300 e. The van der Waals surface area contributed by atoms with Gasteiger partial charge in [-0.3, -0.25) is 14.9 Å². The maximum atomic E-state index is 12.5. The lowest BCUT2D eigenvalue weighted by Gasteiger charge is -2.24. The van der Waals surface area contributed by atoms with Crippen molar-refractivity contribution >= 4 is 23.2 Å². The van der Waals surface area contributed by atoms with Crippen molar-refractivity contribution in [1.29, 1.82) is 0 Å². The molecule has 0 unspecified atom stereocenters. The molecule has 1 amide bonds. The Morgan fingerprint density at radius 3 is 2.76 bits per heavy atom. The van der Waals surface area contributed by atoms with Crippen LogP contribution in [0.15, 0.2) is 12.3 Å². The van der Waals surface area contributed by atoms with E-state index in [1.165, 1.54) is 18.1 Å². The standard InChI is InChI=1S/C13H18ClN3O4/c1-9(2)8-16(4-5-21-3)13(18)10-6-12(14)15-7-11(10)17(19)20/h6-7,9H,4-5,8H2,1-3H3. The number of carbonyl (C=O) groups excluding carboxylic acids is 1. The van der Waals surface area contributed by atoms with Crippen molar-refractivity contribution in [2.75, 3.05) is 26.8 Å². The molecule has 0 saturated heterocycles. The van der Waals surface area contributed by atoms with Crippen molar-refractivity contribution in [3.63, 3.8) is 0 Å². The monoisotopic (exact) mass is 315 g/mol. The van der Waals surface area contributed by atoms with Crippen molar-refractivity contribution in [1.82, 2.24) is 9.88 Å². The highest BCUT2D eigenvalue weighted by molar-refractivity contribution is 6.29. The van der Waals surface area contributed by atoms with Gasteiger partial charge in [-0.05, 0) is 12.0 Å². The first kappa shape index (κ1) is 17.3. The molecule has 0 aliphatic heterocycles. The number of rotatable bonds is 7. The molecular weight excluding hydrogens is 298 g/mol. The van der Waals surface area contributed by atoms with Crippen molar-refractivity contribution < 1.29 is 14.5 Å². The fourth-order valence-corrected chi connectivity index (χ4v) is 1.99. The minimum Gasteiger partial charge on any atom is -0.383 e. The van der Waals surface area contributed by atoms with Crippen LogP contribution in [0, 0.1) is 16.0 Å². The number of halogens is 1. The van der Waals surface area contributed by atoms with Crippen molar-refractivity contribution in [3.8, 4) is 0 Å². The van der Waals surface area contributed by atoms with Gasteiger partial charge in [-0.25, -0.2) is 4.98 Å². The highest BCUT2D eigenvalue weighted by Gasteiger charge is 2.26. The summed E-state index contributed by atoms with van der Waals surface area (Å²) < 4.78 is 4.98. The van der Waals surface area contributed by atoms with E-state index in [-0.39, 0.29) is 22.3 Å². The SMILES string of the molecule is COCCN(CC(C)C)C(=O)c1cc(Cl)ncc1[N+](=O)[O-]. The van der Waals surface area contributed by atoms with E-state index in [4.69, 9.17) is 16.3 Å². The summed E-state index contributed by atoms with van der Waals surface area (Å²) in [4.78, 5) is 28.1. The number of pyridine rings is 1. The number of nitro groups is 1. The molecule has 0 bridgehead atoms. The van der Waals surface area contributed by atoms with E-state index in [1.54, 1.807) is 0 Å². The number of nitrogens with zero attached hydrogens (tertiary/aromatic N) is 3. The Labute approximate surface area is 128 Å². The highest BCUT2D eigenvalue weighted by atomic mass is 35.5. The molecule has 0 spiro atoms. The zero-order chi connectivity index (χ0) is 16.0. The van der Waals surface area contributed by atoms with E-state index in [1.807, 2.05) is 13.8 Å². The summed E-state index contributed by atoms with van der Waals surface area (Å²) in [6.07, 6.45) is 0.999. The van der Waals surface area contributed by atoms with E-state index in [2.05, 4.69) is 4.98 Å². The molecule has 116 valence electrons. The van der Waals surface area contributed by atoms with Crippen molar-refractivity contribution in [3.05, 3.63) is 33.1 Å². The Hall–Kier alpha value is -1.73. The molecule has 8 heteroatoms. The molecule has 0 saturated carbocycles. The van der Waals surface area contributed by atoms with Crippen LogP contribution < -0.4 is 0 Å². The van der Waals surface area contributed by atoms with E-state index in [9.17, 15) is 14.9 Å². The first-order valence-corrected chi connectivity index (χ1v) is 6.82. The number of ether oxygens (including phenoxy) is 1. The molecule has 0 N–H and O–H groups in total. The van der Waals surface area contributed by atoms with E-state index in [0.29, 0.717) is 19.7 Å². The molecule has 0 atom stereocenters. The highest BCUT2D eigenvalue weighted by Crippen LogP contribution is 2.22. The minimum atomic E-state index is -0.638. The predicted molar refractivity (Wildman–Crippen MR) is 78.5 cm³/mol. The zero-order valence-corrected chi connectivity index (χ0v) is 13.0. The van der Waals surface area contributed by atoms with Crippen LogP contribution in [0.3, 0.4) is 0 Å². The molecule has 0 fully saturated rings. The van der Waals surface area contributed by atoms with E-state index < -0.39 is 10.8 Å². The molecule has 21 heavy (non-hydrogen) atoms. The van der Waals surface area contributed by atoms with Crippen LogP contribution in [0.2, 0.25) is 5.15 Å². The third-order valence-electron chi connectivity index (χ3n) is 2.71. The Morgan fingerprint density at radius 1 is 1.57 bits per heavy atom. The van der Waals surface area contributed by atoms with Crippen molar-refractivity contribution in [2.24, 2.45) is 5.92 Å². The van der Waals surface area contributed by atoms with Crippen LogP contribution in [-0.2, 0) is 4.74 Å². The van der Waals surface area contributed by atoms with Gasteiger partial charge in [-0.1, -0.05) is 25.4 Å². The lowest BCUT2D eigenvalue weighted by atomic mass is 10.1. The van der Waals surface area contributed by atoms with Gasteiger partial charge in [0.2, 0.25) is 0 Å². The molecule has 1 aromatic heterocycles. The van der Waals surface area contributed by atoms with E-state index >= 15 is 0 Å². The Bertz CT molecular complexity index is 522. The third kappa shape index (κ3) is 4.95. The van der Waals surface area contributed by atoms with Crippen LogP contribution in [0.5, 0.6) is 0 Å². The van der Waals surface area contributed by atoms with Gasteiger partial charge < -0.3 is 9.64 Å². The number of hydrogen-bond donors (Lipinski definition) is 0. The molecule has 0 radical (unpaired) electrons. The summed E-state index contributed by atoms with van der Waals surface area (Å²) in [6.45, 7) is 5.09. The number of methoxy groups -OCH3 is 1. The minimum absolute atomic E-state index is 0.0418. The zero-order valence-electron chi connectivity index (χ0n) is 12.2. The summed E-state index contributed by atoms with van der Waals surface area (Å²) in [5.41, 5.74) is -0.410. The van der Waals surface area contributed by atoms with Crippen LogP contribution in [0.4, 0.5) is 5.69 Å². The smallest absolute Gasteiger partial charge is 0.300 e. The summed E-state index contributed by atoms with van der Waals surface area (Å²) >= 11 is 5.75. The van der Waals surface area contributed by atoms with Crippen molar-refractivity contribution in [2.45, 2.75) is 13.8 Å². The number of carbonyl (C=O) groups is 1. The first-order chi connectivity index (χ1) is 9.86. The molecule has 1 heterocycles. The van der Waals surface area contributed by atoms with Gasteiger partial charge in [0.15, 0.2) is 0 Å². The van der Waals surface area contributed by atoms with Gasteiger partial charge in [-0.2, -0.15) is 0 Å². The fourth-order valence-electron chi connectivity index (χ4n) is 1.83. The van der Waals surface area contributed by atoms with Gasteiger partial charge in [-0.15, -0.1) is 0 Å². The number of hydrogen-bond acceptors (Lipinski definition) is 5. The van der Waals surface area contributed by atoms with Crippen LogP contribution in [0.1, 0.15) is 24.2 Å². The molecule has 0 aliphatic rings. The Balaban J connectivity index is 3.12. The quantitative estimate of drug-likeness (QED) is 0.438. The second-order valence-corrected chi connectivity index (χ2v) is 5.31. The average Bonchev–Trinajstić information content (AvgIpc) is 2.41. The second kappa shape index (κ2) is 7.90. The van der Waals surface area contributed by atoms with Gasteiger partial charge in [0, 0.05) is 20.2 Å². The summed E-state index contributed by atoms with van der Waals surface area (Å²) in [6, 6.07) is 1.22. The normalized spacial score (nSPS) is 10.7. The molecular formula is C13H18ClN3O4. The largest absolute Gasteiger partial charge is 0.383 e. The predicted octanol–water partition coefficient (Wildman–Crippen LogP) is 2.39. The number of aromatic nitrogens is 1. The first-order valence-electron chi connectivity index (χ1n) is 6.45. The van der Waals surface area contributed by atoms with Gasteiger partial charge in [0.1, 0.15) is 16.9 Å². The molecule has 1 aromatic rings. The summed E-state index contributed by atoms with van der Waals surface area (Å²) in [5.74, 6) is -0.223. The lowest BCUT2D eigenvalue weighted by molar-refractivity contribution is -0.385. The lowest BCUT2D eigenvalue weighted by Crippen LogP contribution is -2.37. The Kier molecular flexibility index (Phi) is 6.51. The van der Waals surface area contributed by atoms with Crippen LogP contribution >= 0.6 is 11.6 Å². The third-order valence-corrected chi connectivity index (χ3v) is 2.92. The van der Waals surface area contributed by atoms with Crippen LogP contribution in [0.25, 0.3) is 0 Å². The van der Waals surface area contributed by atoms with Crippen LogP contribution in [-0.4, -0.2) is 47.5 Å². The fraction of sp³-hybridized carbons (Fsp3) is 0.538. The van der Waals surface area contributed by atoms with E-state index in [0.717, 1.165) is 6.20 Å². The maximum absolute atomic E-state index is 12.5. The summed E-state index contributed by atoms with van der Waals surface area (Å²) in [7, 11) is 1.53. The van der Waals surface area contributed by atoms with Gasteiger partial charge in [0.05, 0.1) is 11.5 Å². The average molecular weight is 316 g/mol. The Morgan fingerprint density at radius 2 is 2.24 bits per heavy atom. The molecule has 7 nitrogen and oxygen atoms in total. The summed E-state index contributed by atoms with van der Waals surface area (Å²) in [5, 5.41) is 11.1. The molecule has 0 aromatic carbocycles. The van der Waals surface area contributed by atoms with Gasteiger partial charge in [0.25, 0.3) is 11.6 Å². The molecule has 1 rings (SSSR count). The second-order valence-electron chi connectivity index (χ2n) is 4.92. The number of amides is 1. The molecule has 0 aliphatic carbocycles. The topological polar surface area (TPSA) is 85.6 Å².